The number of nitrogens with two attached hydrogens (primary N) is 1. The average molecular weight is 491 g/mol. The van der Waals surface area contributed by atoms with E-state index in [0.717, 1.165) is 18.3 Å². The highest BCUT2D eigenvalue weighted by atomic mass is 19.4. The Bertz CT molecular complexity index is 1280. The minimum atomic E-state index is -5.06. The van der Waals surface area contributed by atoms with Crippen LogP contribution in [0.15, 0.2) is 48.7 Å². The zero-order valence-electron chi connectivity index (χ0n) is 18.9. The molecule has 0 radical (unpaired) electrons. The van der Waals surface area contributed by atoms with Crippen molar-refractivity contribution in [3.63, 3.8) is 0 Å². The molecule has 0 spiro atoms. The Kier molecular flexibility index (Phi) is 7.28. The lowest BCUT2D eigenvalue weighted by Crippen LogP contribution is -2.19. The van der Waals surface area contributed by atoms with Crippen LogP contribution in [0, 0.1) is 12.7 Å². The molecule has 0 atom stereocenters. The Morgan fingerprint density at radius 3 is 2.34 bits per heavy atom. The Morgan fingerprint density at radius 2 is 1.74 bits per heavy atom. The summed E-state index contributed by atoms with van der Waals surface area (Å²) in [4.78, 5) is 27.9. The molecule has 0 bridgehead atoms. The van der Waals surface area contributed by atoms with Crippen LogP contribution in [0.3, 0.4) is 0 Å². The van der Waals surface area contributed by atoms with E-state index in [2.05, 4.69) is 10.3 Å². The van der Waals surface area contributed by atoms with Crippen LogP contribution in [0.5, 0.6) is 17.2 Å². The number of aryl methyl sites for hydroxylation is 1. The topological polar surface area (TPSA) is 104 Å². The molecule has 0 aliphatic carbocycles. The first-order valence-electron chi connectivity index (χ1n) is 10.3. The molecule has 0 saturated heterocycles. The second-order valence-corrected chi connectivity index (χ2v) is 7.74. The number of hydrogen-bond acceptors (Lipinski definition) is 5. The third-order valence-electron chi connectivity index (χ3n) is 4.64. The first-order valence-corrected chi connectivity index (χ1v) is 10.3. The molecular weight excluding hydrogens is 470 g/mol. The molecule has 1 aromatic heterocycles. The van der Waals surface area contributed by atoms with E-state index < -0.39 is 40.7 Å². The predicted octanol–water partition coefficient (Wildman–Crippen LogP) is 5.48. The fourth-order valence-electron chi connectivity index (χ4n) is 3.11. The lowest BCUT2D eigenvalue weighted by molar-refractivity contribution is -0.140. The number of aromatic nitrogens is 1. The van der Waals surface area contributed by atoms with Gasteiger partial charge in [-0.2, -0.15) is 13.2 Å². The van der Waals surface area contributed by atoms with Gasteiger partial charge < -0.3 is 20.5 Å². The Morgan fingerprint density at radius 1 is 1.06 bits per heavy atom. The molecule has 0 aliphatic rings. The van der Waals surface area contributed by atoms with Gasteiger partial charge in [0.1, 0.15) is 28.5 Å². The summed E-state index contributed by atoms with van der Waals surface area (Å²) in [6, 6.07) is 8.31. The molecule has 11 heteroatoms. The SMILES string of the molecule is Cc1cc(Oc2ccc(C(F)(F)F)c(F)c2C(=O)Nc2ccnc(C(N)=O)c2)ccc1OC(C)C. The number of anilines is 1. The van der Waals surface area contributed by atoms with Crippen molar-refractivity contribution in [1.29, 1.82) is 0 Å². The van der Waals surface area contributed by atoms with E-state index in [1.54, 1.807) is 13.0 Å². The number of carbonyl (C=O) groups excluding carboxylic acids is 2. The number of nitrogens with zero attached hydrogens (tertiary/aromatic N) is 1. The first kappa shape index (κ1) is 25.5. The van der Waals surface area contributed by atoms with Gasteiger partial charge in [-0.3, -0.25) is 14.6 Å². The Labute approximate surface area is 197 Å². The summed E-state index contributed by atoms with van der Waals surface area (Å²) in [6.45, 7) is 5.41. The number of carbonyl (C=O) groups is 2. The number of ether oxygens (including phenoxy) is 2. The summed E-state index contributed by atoms with van der Waals surface area (Å²) in [5.41, 5.74) is 2.95. The lowest BCUT2D eigenvalue weighted by atomic mass is 10.1. The van der Waals surface area contributed by atoms with E-state index in [4.69, 9.17) is 15.2 Å². The van der Waals surface area contributed by atoms with E-state index in [1.807, 2.05) is 13.8 Å². The Hall–Kier alpha value is -4.15. The summed E-state index contributed by atoms with van der Waals surface area (Å²) in [5.74, 6) is -3.68. The van der Waals surface area contributed by atoms with Gasteiger partial charge in [0.25, 0.3) is 11.8 Å². The highest BCUT2D eigenvalue weighted by Gasteiger charge is 2.37. The quantitative estimate of drug-likeness (QED) is 0.426. The fraction of sp³-hybridized carbons (Fsp3) is 0.208. The number of halogens is 4. The molecule has 7 nitrogen and oxygen atoms in total. The molecule has 0 fully saturated rings. The number of primary amides is 1. The van der Waals surface area contributed by atoms with Crippen LogP contribution in [0.1, 0.15) is 45.8 Å². The van der Waals surface area contributed by atoms with E-state index in [0.29, 0.717) is 17.4 Å². The molecule has 0 unspecified atom stereocenters. The molecule has 184 valence electrons. The molecule has 1 heterocycles. The number of benzene rings is 2. The van der Waals surface area contributed by atoms with E-state index in [1.165, 1.54) is 18.2 Å². The van der Waals surface area contributed by atoms with Crippen molar-refractivity contribution in [2.75, 3.05) is 5.32 Å². The summed E-state index contributed by atoms with van der Waals surface area (Å²) in [5, 5.41) is 2.25. The van der Waals surface area contributed by atoms with Crippen molar-refractivity contribution in [2.24, 2.45) is 5.73 Å². The van der Waals surface area contributed by atoms with Crippen LogP contribution in [0.4, 0.5) is 23.2 Å². The van der Waals surface area contributed by atoms with Crippen LogP contribution in [-0.2, 0) is 6.18 Å². The van der Waals surface area contributed by atoms with Crippen LogP contribution < -0.4 is 20.5 Å². The average Bonchev–Trinajstić information content (AvgIpc) is 2.74. The van der Waals surface area contributed by atoms with Gasteiger partial charge >= 0.3 is 6.18 Å². The summed E-state index contributed by atoms with van der Waals surface area (Å²) >= 11 is 0. The van der Waals surface area contributed by atoms with Gasteiger partial charge in [-0.05, 0) is 68.8 Å². The zero-order valence-corrected chi connectivity index (χ0v) is 18.9. The predicted molar refractivity (Wildman–Crippen MR) is 119 cm³/mol. The maximum Gasteiger partial charge on any atom is 0.419 e. The molecule has 3 rings (SSSR count). The Balaban J connectivity index is 2.02. The second-order valence-electron chi connectivity index (χ2n) is 7.74. The van der Waals surface area contributed by atoms with Crippen molar-refractivity contribution >= 4 is 17.5 Å². The van der Waals surface area contributed by atoms with Gasteiger partial charge in [0.2, 0.25) is 0 Å². The second kappa shape index (κ2) is 10.00. The first-order chi connectivity index (χ1) is 16.4. The minimum Gasteiger partial charge on any atom is -0.491 e. The van der Waals surface area contributed by atoms with Gasteiger partial charge in [0.15, 0.2) is 5.82 Å². The molecule has 2 amide bonds. The van der Waals surface area contributed by atoms with Crippen LogP contribution >= 0.6 is 0 Å². The molecule has 2 aromatic carbocycles. The largest absolute Gasteiger partial charge is 0.491 e. The van der Waals surface area contributed by atoms with E-state index in [9.17, 15) is 22.8 Å². The molecular formula is C24H21F4N3O4. The number of amides is 2. The highest BCUT2D eigenvalue weighted by Crippen LogP contribution is 2.38. The third kappa shape index (κ3) is 6.05. The number of nitrogens with one attached hydrogen (secondary N) is 1. The highest BCUT2D eigenvalue weighted by molar-refractivity contribution is 6.07. The summed E-state index contributed by atoms with van der Waals surface area (Å²) < 4.78 is 66.3. The maximum atomic E-state index is 15.0. The van der Waals surface area contributed by atoms with E-state index in [-0.39, 0.29) is 23.2 Å². The third-order valence-corrected chi connectivity index (χ3v) is 4.64. The van der Waals surface area contributed by atoms with Crippen molar-refractivity contribution < 1.29 is 36.6 Å². The smallest absolute Gasteiger partial charge is 0.419 e. The van der Waals surface area contributed by atoms with Crippen molar-refractivity contribution in [3.05, 3.63) is 76.9 Å². The fourth-order valence-corrected chi connectivity index (χ4v) is 3.11. The summed E-state index contributed by atoms with van der Waals surface area (Å²) in [7, 11) is 0. The van der Waals surface area contributed by atoms with Crippen molar-refractivity contribution in [3.8, 4) is 17.2 Å². The minimum absolute atomic E-state index is 0.0346. The van der Waals surface area contributed by atoms with E-state index >= 15 is 4.39 Å². The number of pyridine rings is 1. The zero-order chi connectivity index (χ0) is 25.9. The van der Waals surface area contributed by atoms with Gasteiger partial charge in [-0.15, -0.1) is 0 Å². The van der Waals surface area contributed by atoms with Crippen LogP contribution in [0.2, 0.25) is 0 Å². The molecule has 3 N–H and O–H groups in total. The molecule has 35 heavy (non-hydrogen) atoms. The van der Waals surface area contributed by atoms with Gasteiger partial charge in [-0.25, -0.2) is 4.39 Å². The van der Waals surface area contributed by atoms with Gasteiger partial charge in [-0.1, -0.05) is 0 Å². The van der Waals surface area contributed by atoms with Gasteiger partial charge in [0.05, 0.1) is 11.7 Å². The normalized spacial score (nSPS) is 11.3. The number of alkyl halides is 3. The van der Waals surface area contributed by atoms with Gasteiger partial charge in [0, 0.05) is 11.9 Å². The lowest BCUT2D eigenvalue weighted by Gasteiger charge is -2.17. The standard InChI is InChI=1S/C24H21F4N3O4/c1-12(2)34-18-6-4-15(10-13(18)3)35-19-7-5-16(24(26,27)28)21(25)20(19)23(33)31-14-8-9-30-17(11-14)22(29)32/h4-12H,1-3H3,(H2,29,32)(H,30,31,33). The van der Waals surface area contributed by atoms with Crippen molar-refractivity contribution in [1.82, 2.24) is 4.98 Å². The summed E-state index contributed by atoms with van der Waals surface area (Å²) in [6.07, 6.45) is -4.00. The van der Waals surface area contributed by atoms with Crippen LogP contribution in [0.25, 0.3) is 0 Å². The maximum absolute atomic E-state index is 15.0. The molecule has 0 saturated carbocycles. The number of rotatable bonds is 7. The molecule has 0 aliphatic heterocycles. The van der Waals surface area contributed by atoms with Crippen LogP contribution in [-0.4, -0.2) is 22.9 Å². The van der Waals surface area contributed by atoms with Crippen molar-refractivity contribution in [2.45, 2.75) is 33.1 Å². The molecule has 3 aromatic rings. The number of hydrogen-bond donors (Lipinski definition) is 2. The monoisotopic (exact) mass is 491 g/mol.